The highest BCUT2D eigenvalue weighted by Gasteiger charge is 2.21. The maximum Gasteiger partial charge on any atom is 0.303 e. The largest absolute Gasteiger partial charge is 0.481 e. The molecule has 0 saturated carbocycles. The van der Waals surface area contributed by atoms with Gasteiger partial charge in [-0.05, 0) is 31.4 Å². The Bertz CT molecular complexity index is 950. The van der Waals surface area contributed by atoms with E-state index in [1.807, 2.05) is 6.92 Å². The van der Waals surface area contributed by atoms with Crippen LogP contribution in [-0.4, -0.2) is 52.3 Å². The number of nitrogens with zero attached hydrogens (tertiary/aromatic N) is 4. The van der Waals surface area contributed by atoms with Gasteiger partial charge in [0.1, 0.15) is 17.0 Å². The number of aryl methyl sites for hydroxylation is 1. The number of amides is 1. The predicted molar refractivity (Wildman–Crippen MR) is 114 cm³/mol. The van der Waals surface area contributed by atoms with Gasteiger partial charge in [0.25, 0.3) is 5.56 Å². The summed E-state index contributed by atoms with van der Waals surface area (Å²) in [5, 5.41) is 8.90. The summed E-state index contributed by atoms with van der Waals surface area (Å²) in [7, 11) is 3.23. The van der Waals surface area contributed by atoms with Gasteiger partial charge in [-0.15, -0.1) is 0 Å². The molecule has 9 nitrogen and oxygen atoms in total. The van der Waals surface area contributed by atoms with Crippen LogP contribution in [0.4, 0.5) is 5.82 Å². The van der Waals surface area contributed by atoms with Gasteiger partial charge in [0.15, 0.2) is 5.65 Å². The molecule has 164 valence electrons. The normalized spacial score (nSPS) is 12.1. The van der Waals surface area contributed by atoms with E-state index in [4.69, 9.17) is 9.84 Å². The van der Waals surface area contributed by atoms with Gasteiger partial charge >= 0.3 is 5.97 Å². The maximum atomic E-state index is 13.3. The van der Waals surface area contributed by atoms with Gasteiger partial charge in [-0.25, -0.2) is 9.97 Å². The van der Waals surface area contributed by atoms with Crippen LogP contribution < -0.4 is 10.5 Å². The third kappa shape index (κ3) is 5.41. The zero-order valence-electron chi connectivity index (χ0n) is 18.1. The molecule has 0 bridgehead atoms. The lowest BCUT2D eigenvalue weighted by Gasteiger charge is -2.22. The number of carboxylic acids is 1. The first kappa shape index (κ1) is 23.5. The predicted octanol–water partition coefficient (Wildman–Crippen LogP) is 2.56. The van der Waals surface area contributed by atoms with Crippen LogP contribution in [0, 0.1) is 0 Å². The van der Waals surface area contributed by atoms with Crippen molar-refractivity contribution < 1.29 is 19.4 Å². The van der Waals surface area contributed by atoms with Crippen molar-refractivity contribution in [2.24, 2.45) is 0 Å². The number of hydrogen-bond donors (Lipinski definition) is 1. The Balaban J connectivity index is 2.65. The second-order valence-electron chi connectivity index (χ2n) is 7.20. The Labute approximate surface area is 175 Å². The summed E-state index contributed by atoms with van der Waals surface area (Å²) in [6, 6.07) is 3.19. The van der Waals surface area contributed by atoms with Gasteiger partial charge in [0.05, 0.1) is 12.6 Å². The average Bonchev–Trinajstić information content (AvgIpc) is 2.72. The highest BCUT2D eigenvalue weighted by Crippen LogP contribution is 2.21. The fourth-order valence-electron chi connectivity index (χ4n) is 3.40. The Morgan fingerprint density at radius 2 is 2.00 bits per heavy atom. The third-order valence-electron chi connectivity index (χ3n) is 4.96. The highest BCUT2D eigenvalue weighted by molar-refractivity contribution is 5.92. The average molecular weight is 418 g/mol. The van der Waals surface area contributed by atoms with Crippen molar-refractivity contribution in [1.82, 2.24) is 14.5 Å². The molecule has 1 atom stereocenters. The molecule has 2 aromatic rings. The molecule has 2 aromatic heterocycles. The molecule has 0 fully saturated rings. The molecule has 1 amide bonds. The molecule has 0 radical (unpaired) electrons. The molecule has 0 aliphatic heterocycles. The Morgan fingerprint density at radius 3 is 2.60 bits per heavy atom. The molecule has 9 heteroatoms. The molecule has 0 spiro atoms. The van der Waals surface area contributed by atoms with Crippen LogP contribution in [0.1, 0.15) is 57.7 Å². The molecule has 2 heterocycles. The molecular weight excluding hydrogens is 388 g/mol. The van der Waals surface area contributed by atoms with Crippen molar-refractivity contribution in [3.8, 4) is 0 Å². The van der Waals surface area contributed by atoms with Crippen LogP contribution in [0.3, 0.4) is 0 Å². The van der Waals surface area contributed by atoms with E-state index < -0.39 is 5.97 Å². The second-order valence-corrected chi connectivity index (χ2v) is 7.20. The number of aromatic nitrogens is 3. The summed E-state index contributed by atoms with van der Waals surface area (Å²) < 4.78 is 6.95. The van der Waals surface area contributed by atoms with Gasteiger partial charge < -0.3 is 9.84 Å². The molecule has 0 aliphatic carbocycles. The van der Waals surface area contributed by atoms with Crippen LogP contribution in [0.2, 0.25) is 0 Å². The van der Waals surface area contributed by atoms with E-state index >= 15 is 0 Å². The lowest BCUT2D eigenvalue weighted by atomic mass is 10.1. The SMILES string of the molecule is CCC[C@H](COC)n1c(=O)c(CCCC(=O)O)nc2ccc(N(C)C(=O)CC)nc21. The molecule has 0 aromatic carbocycles. The van der Waals surface area contributed by atoms with Crippen LogP contribution in [0.5, 0.6) is 0 Å². The van der Waals surface area contributed by atoms with Crippen molar-refractivity contribution in [2.75, 3.05) is 25.7 Å². The summed E-state index contributed by atoms with van der Waals surface area (Å²) in [5.41, 5.74) is 0.940. The minimum absolute atomic E-state index is 0.0310. The van der Waals surface area contributed by atoms with Gasteiger partial charge in [-0.3, -0.25) is 23.9 Å². The van der Waals surface area contributed by atoms with Gasteiger partial charge in [0, 0.05) is 27.0 Å². The molecule has 1 N–H and O–H groups in total. The van der Waals surface area contributed by atoms with Crippen molar-refractivity contribution in [3.05, 3.63) is 28.2 Å². The lowest BCUT2D eigenvalue weighted by molar-refractivity contribution is -0.137. The summed E-state index contributed by atoms with van der Waals surface area (Å²) in [4.78, 5) is 46.8. The summed E-state index contributed by atoms with van der Waals surface area (Å²) in [6.45, 7) is 4.13. The topological polar surface area (TPSA) is 115 Å². The first-order chi connectivity index (χ1) is 14.3. The fourth-order valence-corrected chi connectivity index (χ4v) is 3.40. The van der Waals surface area contributed by atoms with E-state index in [-0.39, 0.29) is 30.3 Å². The zero-order chi connectivity index (χ0) is 22.3. The monoisotopic (exact) mass is 418 g/mol. The lowest BCUT2D eigenvalue weighted by Crippen LogP contribution is -2.33. The van der Waals surface area contributed by atoms with Gasteiger partial charge in [0.2, 0.25) is 5.91 Å². The number of aliphatic carboxylic acids is 1. The number of methoxy groups -OCH3 is 1. The number of hydrogen-bond acceptors (Lipinski definition) is 6. The first-order valence-electron chi connectivity index (χ1n) is 10.2. The number of anilines is 1. The Morgan fingerprint density at radius 1 is 1.27 bits per heavy atom. The fraction of sp³-hybridized carbons (Fsp3) is 0.571. The molecule has 0 saturated heterocycles. The number of fused-ring (bicyclic) bond motifs is 1. The van der Waals surface area contributed by atoms with E-state index in [0.29, 0.717) is 48.5 Å². The molecule has 0 unspecified atom stereocenters. The second kappa shape index (κ2) is 10.8. The minimum atomic E-state index is -0.908. The van der Waals surface area contributed by atoms with Crippen molar-refractivity contribution >= 4 is 28.9 Å². The van der Waals surface area contributed by atoms with Crippen LogP contribution in [0.15, 0.2) is 16.9 Å². The number of carbonyl (C=O) groups excluding carboxylic acids is 1. The third-order valence-corrected chi connectivity index (χ3v) is 4.96. The maximum absolute atomic E-state index is 13.3. The number of ether oxygens (including phenoxy) is 1. The number of pyridine rings is 1. The Kier molecular flexibility index (Phi) is 8.46. The van der Waals surface area contributed by atoms with E-state index in [0.717, 1.165) is 6.42 Å². The first-order valence-corrected chi connectivity index (χ1v) is 10.2. The van der Waals surface area contributed by atoms with E-state index in [1.54, 1.807) is 37.8 Å². The summed E-state index contributed by atoms with van der Waals surface area (Å²) >= 11 is 0. The van der Waals surface area contributed by atoms with Crippen LogP contribution in [0.25, 0.3) is 11.2 Å². The number of rotatable bonds is 11. The summed E-state index contributed by atoms with van der Waals surface area (Å²) in [5.74, 6) is -0.555. The standard InChI is InChI=1S/C21H30N4O5/c1-5-8-14(13-30-4)25-20-15(11-12-17(23-20)24(3)18(26)6-2)22-16(21(25)29)9-7-10-19(27)28/h11-12,14H,5-10,13H2,1-4H3,(H,27,28)/t14-/m1/s1. The smallest absolute Gasteiger partial charge is 0.303 e. The van der Waals surface area contributed by atoms with Crippen LogP contribution in [-0.2, 0) is 20.7 Å². The van der Waals surface area contributed by atoms with Crippen molar-refractivity contribution in [1.29, 1.82) is 0 Å². The quantitative estimate of drug-likeness (QED) is 0.596. The summed E-state index contributed by atoms with van der Waals surface area (Å²) in [6.07, 6.45) is 2.44. The highest BCUT2D eigenvalue weighted by atomic mass is 16.5. The zero-order valence-corrected chi connectivity index (χ0v) is 18.1. The molecule has 2 rings (SSSR count). The van der Waals surface area contributed by atoms with E-state index in [1.165, 1.54) is 4.90 Å². The van der Waals surface area contributed by atoms with E-state index in [2.05, 4.69) is 9.97 Å². The Hall–Kier alpha value is -2.81. The molecule has 30 heavy (non-hydrogen) atoms. The van der Waals surface area contributed by atoms with Crippen molar-refractivity contribution in [3.63, 3.8) is 0 Å². The molecular formula is C21H30N4O5. The van der Waals surface area contributed by atoms with Gasteiger partial charge in [-0.2, -0.15) is 0 Å². The van der Waals surface area contributed by atoms with Gasteiger partial charge in [-0.1, -0.05) is 20.3 Å². The van der Waals surface area contributed by atoms with Crippen molar-refractivity contribution in [2.45, 2.75) is 58.4 Å². The minimum Gasteiger partial charge on any atom is -0.481 e. The van der Waals surface area contributed by atoms with E-state index in [9.17, 15) is 14.4 Å². The number of carbonyl (C=O) groups is 2. The van der Waals surface area contributed by atoms with Crippen LogP contribution >= 0.6 is 0 Å². The molecule has 0 aliphatic rings. The number of carboxylic acid groups (broad SMARTS) is 1.